The maximum absolute atomic E-state index is 4.58. The van der Waals surface area contributed by atoms with E-state index in [4.69, 9.17) is 0 Å². The summed E-state index contributed by atoms with van der Waals surface area (Å²) < 4.78 is 0. The minimum absolute atomic E-state index is 0.137. The van der Waals surface area contributed by atoms with Crippen LogP contribution in [0.1, 0.15) is 47.5 Å². The molecule has 3 heterocycles. The normalized spacial score (nSPS) is 13.8. The van der Waals surface area contributed by atoms with Crippen LogP contribution in [-0.4, -0.2) is 9.97 Å². The minimum Gasteiger partial charge on any atom is -0.355 e. The predicted molar refractivity (Wildman–Crippen MR) is 134 cm³/mol. The maximum atomic E-state index is 4.58. The van der Waals surface area contributed by atoms with E-state index in [1.807, 2.05) is 12.4 Å². The van der Waals surface area contributed by atoms with Gasteiger partial charge in [-0.25, -0.2) is 0 Å². The lowest BCUT2D eigenvalue weighted by Crippen LogP contribution is -2.26. The van der Waals surface area contributed by atoms with E-state index in [9.17, 15) is 0 Å². The molecule has 0 radical (unpaired) electrons. The molecule has 0 aliphatic carbocycles. The Morgan fingerprint density at radius 2 is 1.03 bits per heavy atom. The second-order valence-electron chi connectivity index (χ2n) is 9.52. The predicted octanol–water partition coefficient (Wildman–Crippen LogP) is 7.43. The maximum Gasteiger partial charge on any atom is 0.0426 e. The van der Waals surface area contributed by atoms with Crippen molar-refractivity contribution in [2.45, 2.75) is 47.0 Å². The average molecular weight is 420 g/mol. The standard InChI is InChI=1S/C29H29N3/c1-17-11-23(15-30-19(17)3)21-7-9-27-25(13-21)29(5,6)26-14-22(8-10-28(26)32-27)24-12-18(2)20(4)31-16-24/h7-16,32H,1-6H3. The molecule has 0 saturated heterocycles. The van der Waals surface area contributed by atoms with Crippen molar-refractivity contribution in [3.8, 4) is 22.3 Å². The number of pyridine rings is 2. The summed E-state index contributed by atoms with van der Waals surface area (Å²) in [6.45, 7) is 13.0. The van der Waals surface area contributed by atoms with E-state index < -0.39 is 0 Å². The molecular weight excluding hydrogens is 390 g/mol. The molecule has 32 heavy (non-hydrogen) atoms. The average Bonchev–Trinajstić information content (AvgIpc) is 2.77. The Morgan fingerprint density at radius 3 is 1.44 bits per heavy atom. The van der Waals surface area contributed by atoms with Gasteiger partial charge in [-0.3, -0.25) is 9.97 Å². The van der Waals surface area contributed by atoms with Crippen molar-refractivity contribution >= 4 is 11.4 Å². The number of nitrogens with zero attached hydrogens (tertiary/aromatic N) is 2. The van der Waals surface area contributed by atoms with E-state index in [0.29, 0.717) is 0 Å². The van der Waals surface area contributed by atoms with Gasteiger partial charge in [-0.2, -0.15) is 0 Å². The van der Waals surface area contributed by atoms with Crippen molar-refractivity contribution in [3.05, 3.63) is 94.6 Å². The molecule has 1 aliphatic heterocycles. The summed E-state index contributed by atoms with van der Waals surface area (Å²) in [6, 6.07) is 17.9. The van der Waals surface area contributed by atoms with Crippen molar-refractivity contribution in [3.63, 3.8) is 0 Å². The smallest absolute Gasteiger partial charge is 0.0426 e. The summed E-state index contributed by atoms with van der Waals surface area (Å²) >= 11 is 0. The SMILES string of the molecule is Cc1cc(-c2ccc3c(c2)C(C)(C)c2cc(-c4cnc(C)c(C)c4)ccc2N3)cnc1C. The summed E-state index contributed by atoms with van der Waals surface area (Å²) in [5.41, 5.74) is 14.1. The highest BCUT2D eigenvalue weighted by atomic mass is 14.9. The molecule has 0 saturated carbocycles. The molecule has 1 aliphatic rings. The highest BCUT2D eigenvalue weighted by Gasteiger charge is 2.33. The molecule has 0 unspecified atom stereocenters. The molecule has 0 amide bonds. The quantitative estimate of drug-likeness (QED) is 0.367. The van der Waals surface area contributed by atoms with Crippen LogP contribution in [0, 0.1) is 27.7 Å². The van der Waals surface area contributed by atoms with E-state index in [0.717, 1.165) is 22.5 Å². The van der Waals surface area contributed by atoms with E-state index in [2.05, 4.69) is 105 Å². The van der Waals surface area contributed by atoms with Crippen molar-refractivity contribution in [1.82, 2.24) is 9.97 Å². The van der Waals surface area contributed by atoms with E-state index in [1.165, 1.54) is 44.8 Å². The fraction of sp³-hybridized carbons (Fsp3) is 0.241. The Kier molecular flexibility index (Phi) is 4.67. The van der Waals surface area contributed by atoms with Crippen LogP contribution in [0.25, 0.3) is 22.3 Å². The van der Waals surface area contributed by atoms with Crippen molar-refractivity contribution < 1.29 is 0 Å². The zero-order valence-electron chi connectivity index (χ0n) is 19.7. The fourth-order valence-corrected chi connectivity index (χ4v) is 4.59. The Morgan fingerprint density at radius 1 is 0.594 bits per heavy atom. The highest BCUT2D eigenvalue weighted by molar-refractivity contribution is 5.81. The third-order valence-electron chi connectivity index (χ3n) is 7.00. The van der Waals surface area contributed by atoms with Crippen LogP contribution in [0.4, 0.5) is 11.4 Å². The lowest BCUT2D eigenvalue weighted by Gasteiger charge is -2.36. The summed E-state index contributed by atoms with van der Waals surface area (Å²) in [5, 5.41) is 3.66. The van der Waals surface area contributed by atoms with Gasteiger partial charge in [-0.1, -0.05) is 26.0 Å². The number of anilines is 2. The summed E-state index contributed by atoms with van der Waals surface area (Å²) in [4.78, 5) is 9.15. The van der Waals surface area contributed by atoms with Crippen LogP contribution in [0.5, 0.6) is 0 Å². The van der Waals surface area contributed by atoms with Crippen LogP contribution in [0.15, 0.2) is 60.9 Å². The molecule has 0 atom stereocenters. The van der Waals surface area contributed by atoms with Gasteiger partial charge in [0.05, 0.1) is 0 Å². The first kappa shape index (κ1) is 20.4. The summed E-state index contributed by atoms with van der Waals surface area (Å²) in [5.74, 6) is 0. The molecule has 0 fully saturated rings. The molecule has 1 N–H and O–H groups in total. The molecule has 160 valence electrons. The lowest BCUT2D eigenvalue weighted by atomic mass is 9.73. The number of benzene rings is 2. The van der Waals surface area contributed by atoms with Crippen molar-refractivity contribution in [2.24, 2.45) is 0 Å². The van der Waals surface area contributed by atoms with Gasteiger partial charge in [0, 0.05) is 51.7 Å². The van der Waals surface area contributed by atoms with Gasteiger partial charge in [0.1, 0.15) is 0 Å². The molecule has 2 aromatic carbocycles. The van der Waals surface area contributed by atoms with Gasteiger partial charge in [-0.15, -0.1) is 0 Å². The molecule has 0 bridgehead atoms. The topological polar surface area (TPSA) is 37.8 Å². The van der Waals surface area contributed by atoms with E-state index >= 15 is 0 Å². The van der Waals surface area contributed by atoms with Crippen LogP contribution in [0.3, 0.4) is 0 Å². The number of nitrogens with one attached hydrogen (secondary N) is 1. The molecule has 0 spiro atoms. The van der Waals surface area contributed by atoms with Gasteiger partial charge in [-0.05, 0) is 97.5 Å². The van der Waals surface area contributed by atoms with Crippen LogP contribution in [-0.2, 0) is 5.41 Å². The lowest BCUT2D eigenvalue weighted by molar-refractivity contribution is 0.638. The highest BCUT2D eigenvalue weighted by Crippen LogP contribution is 2.47. The fourth-order valence-electron chi connectivity index (χ4n) is 4.59. The van der Waals surface area contributed by atoms with Crippen LogP contribution < -0.4 is 5.32 Å². The van der Waals surface area contributed by atoms with Gasteiger partial charge >= 0.3 is 0 Å². The molecule has 5 rings (SSSR count). The zero-order valence-corrected chi connectivity index (χ0v) is 19.7. The third-order valence-corrected chi connectivity index (χ3v) is 7.00. The van der Waals surface area contributed by atoms with E-state index in [1.54, 1.807) is 0 Å². The van der Waals surface area contributed by atoms with Crippen LogP contribution in [0.2, 0.25) is 0 Å². The second kappa shape index (κ2) is 7.30. The number of hydrogen-bond donors (Lipinski definition) is 1. The first-order valence-corrected chi connectivity index (χ1v) is 11.2. The van der Waals surface area contributed by atoms with Gasteiger partial charge in [0.2, 0.25) is 0 Å². The van der Waals surface area contributed by atoms with Gasteiger partial charge < -0.3 is 5.32 Å². The van der Waals surface area contributed by atoms with Crippen molar-refractivity contribution in [2.75, 3.05) is 5.32 Å². The monoisotopic (exact) mass is 419 g/mol. The Bertz CT molecular complexity index is 1260. The van der Waals surface area contributed by atoms with Gasteiger partial charge in [0.25, 0.3) is 0 Å². The largest absolute Gasteiger partial charge is 0.355 e. The number of rotatable bonds is 2. The zero-order chi connectivity index (χ0) is 22.6. The Balaban J connectivity index is 1.60. The van der Waals surface area contributed by atoms with Crippen molar-refractivity contribution in [1.29, 1.82) is 0 Å². The number of hydrogen-bond acceptors (Lipinski definition) is 3. The molecule has 3 nitrogen and oxygen atoms in total. The Labute approximate surface area is 190 Å². The second-order valence-corrected chi connectivity index (χ2v) is 9.52. The minimum atomic E-state index is -0.137. The first-order chi connectivity index (χ1) is 15.2. The van der Waals surface area contributed by atoms with Gasteiger partial charge in [0.15, 0.2) is 0 Å². The molecular formula is C29H29N3. The molecule has 2 aromatic heterocycles. The summed E-state index contributed by atoms with van der Waals surface area (Å²) in [7, 11) is 0. The number of aromatic nitrogens is 2. The summed E-state index contributed by atoms with van der Waals surface area (Å²) in [6.07, 6.45) is 3.96. The third kappa shape index (κ3) is 3.29. The Hall–Kier alpha value is -3.46. The van der Waals surface area contributed by atoms with Crippen LogP contribution >= 0.6 is 0 Å². The first-order valence-electron chi connectivity index (χ1n) is 11.2. The van der Waals surface area contributed by atoms with E-state index in [-0.39, 0.29) is 5.41 Å². The number of aryl methyl sites for hydroxylation is 4. The molecule has 3 heteroatoms. The molecule has 4 aromatic rings. The number of fused-ring (bicyclic) bond motifs is 2.